The smallest absolute Gasteiger partial charge is 0.226 e. The molecule has 5 heteroatoms. The molecule has 1 aliphatic carbocycles. The van der Waals surface area contributed by atoms with E-state index in [1.54, 1.807) is 14.0 Å². The van der Waals surface area contributed by atoms with Crippen LogP contribution < -0.4 is 0 Å². The molecule has 1 N–H and O–H groups in total. The van der Waals surface area contributed by atoms with Gasteiger partial charge in [-0.1, -0.05) is 5.16 Å². The van der Waals surface area contributed by atoms with E-state index in [1.807, 2.05) is 0 Å². The van der Waals surface area contributed by atoms with Crippen molar-refractivity contribution in [3.05, 3.63) is 11.7 Å². The topological polar surface area (TPSA) is 68.4 Å². The van der Waals surface area contributed by atoms with Crippen molar-refractivity contribution in [2.24, 2.45) is 0 Å². The van der Waals surface area contributed by atoms with Gasteiger partial charge in [0.1, 0.15) is 5.60 Å². The van der Waals surface area contributed by atoms with Gasteiger partial charge in [0.15, 0.2) is 0 Å². The van der Waals surface area contributed by atoms with Crippen LogP contribution in [-0.2, 0) is 16.8 Å². The lowest BCUT2D eigenvalue weighted by Gasteiger charge is -2.22. The highest BCUT2D eigenvalue weighted by Crippen LogP contribution is 2.40. The fraction of sp³-hybridized carbons (Fsp3) is 0.833. The molecule has 0 amide bonds. The summed E-state index contributed by atoms with van der Waals surface area (Å²) in [5.74, 6) is 1.25. The van der Waals surface area contributed by atoms with Crippen LogP contribution in [0.25, 0.3) is 0 Å². The van der Waals surface area contributed by atoms with Crippen LogP contribution in [0.3, 0.4) is 0 Å². The van der Waals surface area contributed by atoms with Gasteiger partial charge in [-0.15, -0.1) is 0 Å². The lowest BCUT2D eigenvalue weighted by Crippen LogP contribution is -2.26. The SMILES string of the molecule is COC1(c2noc(CCC(C)O)n2)CCCC1. The summed E-state index contributed by atoms with van der Waals surface area (Å²) < 4.78 is 10.8. The fourth-order valence-electron chi connectivity index (χ4n) is 2.34. The lowest BCUT2D eigenvalue weighted by molar-refractivity contribution is -0.0178. The third-order valence-electron chi connectivity index (χ3n) is 3.45. The maximum absolute atomic E-state index is 9.21. The van der Waals surface area contributed by atoms with Crippen LogP contribution in [0, 0.1) is 0 Å². The van der Waals surface area contributed by atoms with Gasteiger partial charge in [0, 0.05) is 13.5 Å². The summed E-state index contributed by atoms with van der Waals surface area (Å²) in [6, 6.07) is 0. The van der Waals surface area contributed by atoms with Gasteiger partial charge in [-0.2, -0.15) is 4.98 Å². The Balaban J connectivity index is 2.06. The second kappa shape index (κ2) is 5.14. The van der Waals surface area contributed by atoms with E-state index in [0.717, 1.165) is 25.7 Å². The van der Waals surface area contributed by atoms with Gasteiger partial charge >= 0.3 is 0 Å². The Hall–Kier alpha value is -0.940. The molecule has 2 rings (SSSR count). The standard InChI is InChI=1S/C12H20N2O3/c1-9(15)5-6-10-13-11(14-17-10)12(16-2)7-3-4-8-12/h9,15H,3-8H2,1-2H3. The maximum atomic E-state index is 9.21. The zero-order valence-corrected chi connectivity index (χ0v) is 10.5. The number of aliphatic hydroxyl groups excluding tert-OH is 1. The first-order valence-electron chi connectivity index (χ1n) is 6.22. The van der Waals surface area contributed by atoms with Gasteiger partial charge in [-0.25, -0.2) is 0 Å². The van der Waals surface area contributed by atoms with Crippen molar-refractivity contribution < 1.29 is 14.4 Å². The van der Waals surface area contributed by atoms with Crippen LogP contribution in [-0.4, -0.2) is 28.5 Å². The maximum Gasteiger partial charge on any atom is 0.226 e. The molecule has 17 heavy (non-hydrogen) atoms. The van der Waals surface area contributed by atoms with Crippen molar-refractivity contribution in [2.45, 2.75) is 57.2 Å². The summed E-state index contributed by atoms with van der Waals surface area (Å²) in [6.45, 7) is 1.75. The number of rotatable bonds is 5. The number of ether oxygens (including phenoxy) is 1. The second-order valence-electron chi connectivity index (χ2n) is 4.80. The average Bonchev–Trinajstić information content (AvgIpc) is 2.96. The highest BCUT2D eigenvalue weighted by molar-refractivity contribution is 5.04. The Morgan fingerprint density at radius 3 is 2.76 bits per heavy atom. The molecule has 1 aromatic rings. The van der Waals surface area contributed by atoms with Crippen LogP contribution in [0.1, 0.15) is 50.7 Å². The molecular formula is C12H20N2O3. The summed E-state index contributed by atoms with van der Waals surface area (Å²) in [7, 11) is 1.71. The molecule has 96 valence electrons. The minimum atomic E-state index is -0.341. The van der Waals surface area contributed by atoms with E-state index >= 15 is 0 Å². The third-order valence-corrected chi connectivity index (χ3v) is 3.45. The van der Waals surface area contributed by atoms with Crippen molar-refractivity contribution in [3.63, 3.8) is 0 Å². The second-order valence-corrected chi connectivity index (χ2v) is 4.80. The first-order chi connectivity index (χ1) is 8.16. The van der Waals surface area contributed by atoms with E-state index in [4.69, 9.17) is 9.26 Å². The minimum absolute atomic E-state index is 0.340. The number of hydrogen-bond donors (Lipinski definition) is 1. The first-order valence-corrected chi connectivity index (χ1v) is 6.22. The molecule has 0 radical (unpaired) electrons. The molecule has 5 nitrogen and oxygen atoms in total. The van der Waals surface area contributed by atoms with Crippen LogP contribution in [0.15, 0.2) is 4.52 Å². The monoisotopic (exact) mass is 240 g/mol. The molecule has 0 spiro atoms. The highest BCUT2D eigenvalue weighted by Gasteiger charge is 2.40. The fourth-order valence-corrected chi connectivity index (χ4v) is 2.34. The summed E-state index contributed by atoms with van der Waals surface area (Å²) >= 11 is 0. The summed E-state index contributed by atoms with van der Waals surface area (Å²) in [6.07, 6.45) is 5.12. The molecule has 1 unspecified atom stereocenters. The van der Waals surface area contributed by atoms with Crippen molar-refractivity contribution in [2.75, 3.05) is 7.11 Å². The van der Waals surface area contributed by atoms with E-state index in [9.17, 15) is 5.11 Å². The van der Waals surface area contributed by atoms with Crippen LogP contribution in [0.4, 0.5) is 0 Å². The molecule has 0 aromatic carbocycles. The zero-order chi connectivity index (χ0) is 12.3. The molecule has 0 aliphatic heterocycles. The predicted molar refractivity (Wildman–Crippen MR) is 61.5 cm³/mol. The van der Waals surface area contributed by atoms with Crippen molar-refractivity contribution in [3.8, 4) is 0 Å². The van der Waals surface area contributed by atoms with Crippen molar-refractivity contribution in [1.29, 1.82) is 0 Å². The van der Waals surface area contributed by atoms with Crippen LogP contribution in [0.5, 0.6) is 0 Å². The van der Waals surface area contributed by atoms with E-state index in [0.29, 0.717) is 24.6 Å². The highest BCUT2D eigenvalue weighted by atomic mass is 16.5. The van der Waals surface area contributed by atoms with Crippen molar-refractivity contribution >= 4 is 0 Å². The van der Waals surface area contributed by atoms with E-state index in [2.05, 4.69) is 10.1 Å². The molecule has 1 aliphatic rings. The Morgan fingerprint density at radius 1 is 1.47 bits per heavy atom. The number of nitrogens with zero attached hydrogens (tertiary/aromatic N) is 2. The number of aliphatic hydroxyl groups is 1. The Morgan fingerprint density at radius 2 is 2.18 bits per heavy atom. The molecule has 0 saturated heterocycles. The number of methoxy groups -OCH3 is 1. The Kier molecular flexibility index (Phi) is 3.79. The van der Waals surface area contributed by atoms with E-state index in [1.165, 1.54) is 0 Å². The molecular weight excluding hydrogens is 220 g/mol. The largest absolute Gasteiger partial charge is 0.393 e. The lowest BCUT2D eigenvalue weighted by atomic mass is 10.0. The molecule has 1 saturated carbocycles. The summed E-state index contributed by atoms with van der Waals surface area (Å²) in [4.78, 5) is 4.39. The van der Waals surface area contributed by atoms with Gasteiger partial charge < -0.3 is 14.4 Å². The summed E-state index contributed by atoms with van der Waals surface area (Å²) in [5.41, 5.74) is -0.341. The van der Waals surface area contributed by atoms with Gasteiger partial charge in [0.05, 0.1) is 6.10 Å². The number of aromatic nitrogens is 2. The predicted octanol–water partition coefficient (Wildman–Crippen LogP) is 1.80. The molecule has 1 atom stereocenters. The molecule has 1 aromatic heterocycles. The normalized spacial score (nSPS) is 20.6. The molecule has 1 fully saturated rings. The third kappa shape index (κ3) is 2.66. The Bertz CT molecular complexity index is 356. The van der Waals surface area contributed by atoms with Crippen LogP contribution >= 0.6 is 0 Å². The average molecular weight is 240 g/mol. The number of aryl methyl sites for hydroxylation is 1. The minimum Gasteiger partial charge on any atom is -0.393 e. The zero-order valence-electron chi connectivity index (χ0n) is 10.5. The first kappa shape index (κ1) is 12.5. The van der Waals surface area contributed by atoms with E-state index in [-0.39, 0.29) is 11.7 Å². The van der Waals surface area contributed by atoms with Gasteiger partial charge in [0.25, 0.3) is 0 Å². The quantitative estimate of drug-likeness (QED) is 0.850. The molecule has 0 bridgehead atoms. The summed E-state index contributed by atoms with van der Waals surface area (Å²) in [5, 5.41) is 13.2. The Labute approximate surface area is 101 Å². The molecule has 1 heterocycles. The van der Waals surface area contributed by atoms with Crippen molar-refractivity contribution in [1.82, 2.24) is 10.1 Å². The van der Waals surface area contributed by atoms with Gasteiger partial charge in [-0.3, -0.25) is 0 Å². The van der Waals surface area contributed by atoms with E-state index < -0.39 is 0 Å². The van der Waals surface area contributed by atoms with Gasteiger partial charge in [0.2, 0.25) is 11.7 Å². The van der Waals surface area contributed by atoms with Gasteiger partial charge in [-0.05, 0) is 39.0 Å². The number of hydrogen-bond acceptors (Lipinski definition) is 5. The van der Waals surface area contributed by atoms with Crippen LogP contribution in [0.2, 0.25) is 0 Å².